The number of hydrogen-bond donors (Lipinski definition) is 4. The maximum absolute atomic E-state index is 8.70. The summed E-state index contributed by atoms with van der Waals surface area (Å²) in [5.41, 5.74) is 0. The van der Waals surface area contributed by atoms with Gasteiger partial charge in [-0.05, 0) is 0 Å². The first-order valence-corrected chi connectivity index (χ1v) is 3.20. The molecule has 0 aromatic carbocycles. The van der Waals surface area contributed by atoms with Gasteiger partial charge in [-0.3, -0.25) is 0 Å². The Hall–Kier alpha value is -0.910. The maximum atomic E-state index is 8.70. The number of rotatable bonds is 2. The van der Waals surface area contributed by atoms with Gasteiger partial charge >= 0.3 is 44.2 Å². The normalized spacial score (nSPS) is 3.25. The van der Waals surface area contributed by atoms with Gasteiger partial charge in [0, 0.05) is 17.1 Å². The summed E-state index contributed by atoms with van der Waals surface area (Å²) in [6, 6.07) is 0. The predicted octanol–water partition coefficient (Wildman–Crippen LogP) is -2.03. The van der Waals surface area contributed by atoms with E-state index in [1.54, 1.807) is 0 Å². The topological polar surface area (TPSA) is 197 Å². The SMILES string of the molecule is CC.CO.CO.O.O.O=BOO.O=BOO.[HH].[HH]. The molecule has 0 spiro atoms. The second kappa shape index (κ2) is 253. The van der Waals surface area contributed by atoms with Crippen LogP contribution in [0.25, 0.3) is 0 Å². The zero-order valence-corrected chi connectivity index (χ0v) is 9.58. The van der Waals surface area contributed by atoms with Crippen LogP contribution in [0.5, 0.6) is 0 Å². The second-order valence-corrected chi connectivity index (χ2v) is 0.403. The minimum atomic E-state index is -0.0694. The minimum absolute atomic E-state index is 0. The van der Waals surface area contributed by atoms with Crippen molar-refractivity contribution in [2.75, 3.05) is 14.2 Å². The average molecular weight is 254 g/mol. The van der Waals surface area contributed by atoms with Gasteiger partial charge in [-0.2, -0.15) is 0 Å². The Morgan fingerprint density at radius 2 is 0.875 bits per heavy atom. The summed E-state index contributed by atoms with van der Waals surface area (Å²) in [4.78, 5) is 5.72. The average Bonchev–Trinajstić information content (AvgIpc) is 2.36. The van der Waals surface area contributed by atoms with E-state index in [0.717, 1.165) is 14.2 Å². The van der Waals surface area contributed by atoms with Gasteiger partial charge in [-0.25, -0.2) is 0 Å². The van der Waals surface area contributed by atoms with Crippen LogP contribution < -0.4 is 0 Å². The third-order valence-corrected chi connectivity index (χ3v) is 0.0861. The molecule has 12 heteroatoms. The van der Waals surface area contributed by atoms with E-state index in [-0.39, 0.29) is 28.5 Å². The van der Waals surface area contributed by atoms with Gasteiger partial charge in [0.05, 0.1) is 0 Å². The predicted molar refractivity (Wildman–Crippen MR) is 59.4 cm³/mol. The molecular formula is C4H24B2O10. The quantitative estimate of drug-likeness (QED) is 0.245. The van der Waals surface area contributed by atoms with Crippen LogP contribution in [0.3, 0.4) is 0 Å². The van der Waals surface area contributed by atoms with Crippen molar-refractivity contribution in [3.8, 4) is 0 Å². The summed E-state index contributed by atoms with van der Waals surface area (Å²) in [5, 5.41) is 28.0. The first kappa shape index (κ1) is 45.8. The molecule has 0 aliphatic carbocycles. The molecule has 0 saturated carbocycles. The Kier molecular flexibility index (Phi) is 723. The Morgan fingerprint density at radius 3 is 0.875 bits per heavy atom. The smallest absolute Gasteiger partial charge is 0 e. The number of hydrogen-bond acceptors (Lipinski definition) is 8. The molecule has 0 amide bonds. The van der Waals surface area contributed by atoms with Gasteiger partial charge in [0.2, 0.25) is 0 Å². The Labute approximate surface area is 97.5 Å². The van der Waals surface area contributed by atoms with Gasteiger partial charge in [0.1, 0.15) is 0 Å². The molecule has 0 atom stereocenters. The molecule has 0 aliphatic rings. The molecule has 0 aromatic rings. The zero-order chi connectivity index (χ0) is 12.8. The van der Waals surface area contributed by atoms with Crippen LogP contribution in [0.4, 0.5) is 0 Å². The number of aliphatic hydroxyl groups is 2. The van der Waals surface area contributed by atoms with Gasteiger partial charge in [-0.1, -0.05) is 13.8 Å². The second-order valence-electron chi connectivity index (χ2n) is 0.403. The van der Waals surface area contributed by atoms with E-state index >= 15 is 0 Å². The van der Waals surface area contributed by atoms with Gasteiger partial charge in [-0.15, -0.1) is 0 Å². The maximum Gasteiger partial charge on any atom is 0 e. The van der Waals surface area contributed by atoms with Crippen LogP contribution in [0.2, 0.25) is 0 Å². The van der Waals surface area contributed by atoms with Crippen LogP contribution >= 0.6 is 0 Å². The van der Waals surface area contributed by atoms with Crippen molar-refractivity contribution < 1.29 is 53.6 Å². The van der Waals surface area contributed by atoms with Crippen LogP contribution in [-0.2, 0) is 19.0 Å². The molecule has 0 heterocycles. The molecule has 0 aliphatic heterocycles. The van der Waals surface area contributed by atoms with Crippen molar-refractivity contribution in [3.05, 3.63) is 0 Å². The molecule has 0 saturated heterocycles. The first-order valence-electron chi connectivity index (χ1n) is 3.20. The molecule has 0 unspecified atom stereocenters. The molecule has 0 rings (SSSR count). The largest absolute Gasteiger partial charge is 0 e. The number of aliphatic hydroxyl groups excluding tert-OH is 2. The Bertz CT molecular complexity index is 65.8. The fraction of sp³-hybridized carbons (Fsp3) is 1.00. The van der Waals surface area contributed by atoms with E-state index in [0.29, 0.717) is 0 Å². The third-order valence-electron chi connectivity index (χ3n) is 0.0861. The summed E-state index contributed by atoms with van der Waals surface area (Å²) in [6.45, 7) is 4.00. The summed E-state index contributed by atoms with van der Waals surface area (Å²) >= 11 is 0. The van der Waals surface area contributed by atoms with Crippen LogP contribution in [-0.4, -0.2) is 60.6 Å². The van der Waals surface area contributed by atoms with E-state index in [1.165, 1.54) is 0 Å². The summed E-state index contributed by atoms with van der Waals surface area (Å²) in [7, 11) is 1.86. The molecule has 0 bridgehead atoms. The van der Waals surface area contributed by atoms with Crippen LogP contribution in [0, 0.1) is 0 Å². The molecule has 106 valence electrons. The summed E-state index contributed by atoms with van der Waals surface area (Å²) in [6.07, 6.45) is 0. The van der Waals surface area contributed by atoms with E-state index in [2.05, 4.69) is 9.61 Å². The van der Waals surface area contributed by atoms with Gasteiger partial charge in [0.25, 0.3) is 0 Å². The van der Waals surface area contributed by atoms with Gasteiger partial charge < -0.3 is 21.2 Å². The fourth-order valence-corrected chi connectivity index (χ4v) is 0. The van der Waals surface area contributed by atoms with Crippen molar-refractivity contribution in [1.29, 1.82) is 0 Å². The zero-order valence-electron chi connectivity index (χ0n) is 9.58. The molecule has 8 N–H and O–H groups in total. The van der Waals surface area contributed by atoms with E-state index < -0.39 is 0 Å². The molecule has 0 fully saturated rings. The molecular weight excluding hydrogens is 230 g/mol. The summed E-state index contributed by atoms with van der Waals surface area (Å²) < 4.78 is 17.4. The molecule has 10 nitrogen and oxygen atoms in total. The molecule has 0 aromatic heterocycles. The van der Waals surface area contributed by atoms with Crippen LogP contribution in [0.15, 0.2) is 0 Å². The Morgan fingerprint density at radius 1 is 0.812 bits per heavy atom. The minimum Gasteiger partial charge on any atom is 0 e. The summed E-state index contributed by atoms with van der Waals surface area (Å²) in [5.74, 6) is 0. The van der Waals surface area contributed by atoms with E-state index in [9.17, 15) is 0 Å². The van der Waals surface area contributed by atoms with E-state index in [1.807, 2.05) is 13.8 Å². The van der Waals surface area contributed by atoms with Crippen molar-refractivity contribution in [2.24, 2.45) is 0 Å². The monoisotopic (exact) mass is 254 g/mol. The standard InChI is InChI=1S/C2H6.2CH4O.2BHO3.2H2O.2H2/c3*1-2;2*2-1-4-3;;;;/h1-2H3;2*2H,1H3;2*3H;2*1H2;2*1H. The van der Waals surface area contributed by atoms with Crippen molar-refractivity contribution in [3.63, 3.8) is 0 Å². The Balaban J connectivity index is -0.00000000792. The third kappa shape index (κ3) is 1610. The molecule has 0 radical (unpaired) electrons. The molecule has 16 heavy (non-hydrogen) atoms. The van der Waals surface area contributed by atoms with Crippen molar-refractivity contribution in [2.45, 2.75) is 13.8 Å². The first-order chi connectivity index (χ1) is 6.83. The fourth-order valence-electron chi connectivity index (χ4n) is 0. The van der Waals surface area contributed by atoms with Crippen LogP contribution in [0.1, 0.15) is 16.7 Å². The van der Waals surface area contributed by atoms with E-state index in [4.69, 9.17) is 30.1 Å². The van der Waals surface area contributed by atoms with Crippen molar-refractivity contribution >= 4 is 14.7 Å². The van der Waals surface area contributed by atoms with Crippen molar-refractivity contribution in [1.82, 2.24) is 0 Å². The van der Waals surface area contributed by atoms with Gasteiger partial charge in [0.15, 0.2) is 0 Å².